The minimum absolute atomic E-state index is 0.641. The smallest absolute Gasteiger partial charge is 0.164 e. The molecule has 0 saturated heterocycles. The predicted octanol–water partition coefficient (Wildman–Crippen LogP) is 6.93. The molecule has 0 unspecified atom stereocenters. The number of rotatable bonds is 6. The molecule has 4 aromatic carbocycles. The van der Waals surface area contributed by atoms with Crippen LogP contribution in [0.5, 0.6) is 17.2 Å². The lowest BCUT2D eigenvalue weighted by molar-refractivity contribution is 0.356. The van der Waals surface area contributed by atoms with Crippen molar-refractivity contribution in [2.45, 2.75) is 0 Å². The van der Waals surface area contributed by atoms with Crippen molar-refractivity contribution in [2.75, 3.05) is 21.3 Å². The number of aromatic nitrogens is 3. The molecule has 6 aromatic rings. The van der Waals surface area contributed by atoms with E-state index in [2.05, 4.69) is 12.1 Å². The maximum Gasteiger partial charge on any atom is 0.164 e. The van der Waals surface area contributed by atoms with Gasteiger partial charge in [0.1, 0.15) is 11.4 Å². The summed E-state index contributed by atoms with van der Waals surface area (Å²) in [6.07, 6.45) is 0. The van der Waals surface area contributed by atoms with Crippen LogP contribution in [-0.2, 0) is 0 Å². The second kappa shape index (κ2) is 9.32. The lowest BCUT2D eigenvalue weighted by Crippen LogP contribution is -1.99. The highest BCUT2D eigenvalue weighted by Gasteiger charge is 2.22. The number of pyridine rings is 1. The molecule has 0 N–H and O–H groups in total. The molecule has 0 atom stereocenters. The van der Waals surface area contributed by atoms with Crippen molar-refractivity contribution in [3.05, 3.63) is 97.1 Å². The van der Waals surface area contributed by atoms with E-state index in [-0.39, 0.29) is 0 Å². The van der Waals surface area contributed by atoms with Gasteiger partial charge in [-0.25, -0.2) is 9.67 Å². The first-order chi connectivity index (χ1) is 18.2. The monoisotopic (exact) mass is 487 g/mol. The minimum atomic E-state index is 0.641. The highest BCUT2D eigenvalue weighted by Crippen LogP contribution is 2.43. The molecule has 6 rings (SSSR count). The highest BCUT2D eigenvalue weighted by atomic mass is 16.5. The molecule has 0 saturated carbocycles. The van der Waals surface area contributed by atoms with Crippen LogP contribution in [0.4, 0.5) is 0 Å². The Morgan fingerprint density at radius 3 is 1.81 bits per heavy atom. The van der Waals surface area contributed by atoms with Gasteiger partial charge in [-0.15, -0.1) is 0 Å². The Bertz CT molecular complexity index is 1710. The van der Waals surface area contributed by atoms with Gasteiger partial charge in [0, 0.05) is 21.9 Å². The van der Waals surface area contributed by atoms with Gasteiger partial charge >= 0.3 is 0 Å². The van der Waals surface area contributed by atoms with Crippen LogP contribution in [0, 0.1) is 0 Å². The number of hydrogen-bond acceptors (Lipinski definition) is 5. The van der Waals surface area contributed by atoms with E-state index < -0.39 is 0 Å². The van der Waals surface area contributed by atoms with Crippen LogP contribution in [0.15, 0.2) is 97.1 Å². The van der Waals surface area contributed by atoms with Gasteiger partial charge in [0.2, 0.25) is 0 Å². The molecular weight excluding hydrogens is 462 g/mol. The van der Waals surface area contributed by atoms with Crippen molar-refractivity contribution in [1.82, 2.24) is 14.8 Å². The van der Waals surface area contributed by atoms with Gasteiger partial charge in [0.15, 0.2) is 17.1 Å². The van der Waals surface area contributed by atoms with Crippen molar-refractivity contribution in [3.63, 3.8) is 0 Å². The Hall–Kier alpha value is -4.84. The summed E-state index contributed by atoms with van der Waals surface area (Å²) in [7, 11) is 4.96. The van der Waals surface area contributed by atoms with Crippen molar-refractivity contribution in [3.8, 4) is 45.5 Å². The number of benzene rings is 4. The summed E-state index contributed by atoms with van der Waals surface area (Å²) in [5.74, 6) is 2.08. The van der Waals surface area contributed by atoms with E-state index in [0.29, 0.717) is 11.5 Å². The Labute approximate surface area is 214 Å². The number of methoxy groups -OCH3 is 3. The summed E-state index contributed by atoms with van der Waals surface area (Å²) in [6.45, 7) is 0. The molecule has 0 fully saturated rings. The van der Waals surface area contributed by atoms with Crippen LogP contribution in [0.3, 0.4) is 0 Å². The van der Waals surface area contributed by atoms with Gasteiger partial charge in [-0.2, -0.15) is 5.10 Å². The average molecular weight is 488 g/mol. The van der Waals surface area contributed by atoms with Gasteiger partial charge in [0.05, 0.1) is 38.1 Å². The van der Waals surface area contributed by atoms with Gasteiger partial charge < -0.3 is 14.2 Å². The first-order valence-electron chi connectivity index (χ1n) is 12.0. The first-order valence-corrected chi connectivity index (χ1v) is 12.0. The molecule has 0 aliphatic heterocycles. The van der Waals surface area contributed by atoms with Crippen molar-refractivity contribution >= 4 is 21.8 Å². The van der Waals surface area contributed by atoms with E-state index in [0.717, 1.165) is 55.8 Å². The lowest BCUT2D eigenvalue weighted by Gasteiger charge is -2.14. The van der Waals surface area contributed by atoms with Gasteiger partial charge in [0.25, 0.3) is 0 Å². The van der Waals surface area contributed by atoms with Gasteiger partial charge in [-0.3, -0.25) is 0 Å². The Kier molecular flexibility index (Phi) is 5.69. The van der Waals surface area contributed by atoms with Crippen LogP contribution in [0.25, 0.3) is 50.0 Å². The fourth-order valence-corrected chi connectivity index (χ4v) is 4.72. The molecule has 2 heterocycles. The lowest BCUT2D eigenvalue weighted by atomic mass is 9.98. The molecule has 182 valence electrons. The molecule has 6 heteroatoms. The number of fused-ring (bicyclic) bond motifs is 3. The first kappa shape index (κ1) is 22.6. The molecule has 0 radical (unpaired) electrons. The third kappa shape index (κ3) is 3.83. The predicted molar refractivity (Wildman–Crippen MR) is 147 cm³/mol. The molecule has 0 aliphatic rings. The molecule has 6 nitrogen and oxygen atoms in total. The average Bonchev–Trinajstić information content (AvgIpc) is 3.36. The highest BCUT2D eigenvalue weighted by molar-refractivity contribution is 6.16. The molecule has 0 spiro atoms. The summed E-state index contributed by atoms with van der Waals surface area (Å²) in [6, 6.07) is 32.2. The summed E-state index contributed by atoms with van der Waals surface area (Å²) >= 11 is 0. The standard InChI is InChI=1S/C31H25N3O3/c1-35-23-16-14-21(15-17-23)29-25-19-27(37-3)26(36-2)18-24(25)28-30(20-10-6-4-7-11-20)33-34(31(28)32-29)22-12-8-5-9-13-22/h4-19H,1-3H3. The van der Waals surface area contributed by atoms with Crippen LogP contribution in [0.1, 0.15) is 0 Å². The van der Waals surface area contributed by atoms with Crippen LogP contribution >= 0.6 is 0 Å². The normalized spacial score (nSPS) is 11.1. The summed E-state index contributed by atoms with van der Waals surface area (Å²) < 4.78 is 18.7. The molecule has 0 aliphatic carbocycles. The zero-order chi connectivity index (χ0) is 25.4. The molecule has 0 bridgehead atoms. The SMILES string of the molecule is COc1ccc(-c2nc3c(c(-c4ccccc4)nn3-c3ccccc3)c3cc(OC)c(OC)cc23)cc1. The van der Waals surface area contributed by atoms with E-state index in [1.54, 1.807) is 21.3 Å². The number of ether oxygens (including phenoxy) is 3. The zero-order valence-corrected chi connectivity index (χ0v) is 20.8. The third-order valence-corrected chi connectivity index (χ3v) is 6.54. The number of nitrogens with zero attached hydrogens (tertiary/aromatic N) is 3. The molecule has 0 amide bonds. The maximum absolute atomic E-state index is 5.72. The van der Waals surface area contributed by atoms with Crippen LogP contribution < -0.4 is 14.2 Å². The second-order valence-electron chi connectivity index (χ2n) is 8.60. The van der Waals surface area contributed by atoms with E-state index >= 15 is 0 Å². The van der Waals surface area contributed by atoms with E-state index in [4.69, 9.17) is 24.3 Å². The Morgan fingerprint density at radius 2 is 1.19 bits per heavy atom. The molecule has 2 aromatic heterocycles. The van der Waals surface area contributed by atoms with Crippen molar-refractivity contribution < 1.29 is 14.2 Å². The second-order valence-corrected chi connectivity index (χ2v) is 8.60. The van der Waals surface area contributed by atoms with Crippen LogP contribution in [0.2, 0.25) is 0 Å². The van der Waals surface area contributed by atoms with Crippen molar-refractivity contribution in [1.29, 1.82) is 0 Å². The minimum Gasteiger partial charge on any atom is -0.497 e. The van der Waals surface area contributed by atoms with E-state index in [1.807, 2.05) is 89.6 Å². The fraction of sp³-hybridized carbons (Fsp3) is 0.0968. The third-order valence-electron chi connectivity index (χ3n) is 6.54. The molecular formula is C31H25N3O3. The van der Waals surface area contributed by atoms with E-state index in [1.165, 1.54) is 0 Å². The summed E-state index contributed by atoms with van der Waals surface area (Å²) in [4.78, 5) is 5.25. The fourth-order valence-electron chi connectivity index (χ4n) is 4.72. The summed E-state index contributed by atoms with van der Waals surface area (Å²) in [5, 5.41) is 7.98. The van der Waals surface area contributed by atoms with Gasteiger partial charge in [-0.05, 0) is 48.5 Å². The van der Waals surface area contributed by atoms with Gasteiger partial charge in [-0.1, -0.05) is 48.5 Å². The largest absolute Gasteiger partial charge is 0.497 e. The zero-order valence-electron chi connectivity index (χ0n) is 20.8. The molecule has 37 heavy (non-hydrogen) atoms. The van der Waals surface area contributed by atoms with Crippen LogP contribution in [-0.4, -0.2) is 36.1 Å². The topological polar surface area (TPSA) is 58.4 Å². The number of para-hydroxylation sites is 1. The number of hydrogen-bond donors (Lipinski definition) is 0. The summed E-state index contributed by atoms with van der Waals surface area (Å²) in [5.41, 5.74) is 5.34. The van der Waals surface area contributed by atoms with Crippen molar-refractivity contribution in [2.24, 2.45) is 0 Å². The Balaban J connectivity index is 1.78. The quantitative estimate of drug-likeness (QED) is 0.255. The Morgan fingerprint density at radius 1 is 0.595 bits per heavy atom. The maximum atomic E-state index is 5.72. The van der Waals surface area contributed by atoms with E-state index in [9.17, 15) is 0 Å².